The normalized spacial score (nSPS) is 20.6. The molecule has 3 heterocycles. The maximum Gasteiger partial charge on any atom is 0.230 e. The molecule has 0 aliphatic carbocycles. The van der Waals surface area contributed by atoms with E-state index in [9.17, 15) is 4.79 Å². The molecule has 1 amide bonds. The average Bonchev–Trinajstić information content (AvgIpc) is 3.48. The fourth-order valence-corrected chi connectivity index (χ4v) is 4.11. The topological polar surface area (TPSA) is 65.4 Å². The quantitative estimate of drug-likeness (QED) is 0.723. The third kappa shape index (κ3) is 3.69. The summed E-state index contributed by atoms with van der Waals surface area (Å²) in [6.07, 6.45) is 2.18. The Bertz CT molecular complexity index is 1020. The number of fused-ring (bicyclic) bond motifs is 1. The van der Waals surface area contributed by atoms with Crippen LogP contribution in [0.4, 0.5) is 5.69 Å². The van der Waals surface area contributed by atoms with Crippen molar-refractivity contribution in [3.63, 3.8) is 0 Å². The van der Waals surface area contributed by atoms with E-state index in [4.69, 9.17) is 9.47 Å². The summed E-state index contributed by atoms with van der Waals surface area (Å²) in [5.41, 5.74) is 5.24. The third-order valence-electron chi connectivity index (χ3n) is 5.63. The molecule has 3 aromatic rings. The number of anilines is 1. The highest BCUT2D eigenvalue weighted by atomic mass is 16.5. The molecule has 2 aromatic carbocycles. The second-order valence-electron chi connectivity index (χ2n) is 7.55. The summed E-state index contributed by atoms with van der Waals surface area (Å²) in [6.45, 7) is 2.47. The van der Waals surface area contributed by atoms with E-state index in [-0.39, 0.29) is 17.9 Å². The summed E-state index contributed by atoms with van der Waals surface area (Å²) in [7, 11) is 0. The van der Waals surface area contributed by atoms with E-state index in [0.29, 0.717) is 32.8 Å². The summed E-state index contributed by atoms with van der Waals surface area (Å²) < 4.78 is 13.4. The summed E-state index contributed by atoms with van der Waals surface area (Å²) in [4.78, 5) is 13.0. The van der Waals surface area contributed by atoms with Gasteiger partial charge in [0.15, 0.2) is 0 Å². The number of nitrogens with zero attached hydrogens (tertiary/aromatic N) is 2. The number of aromatic nitrogens is 2. The highest BCUT2D eigenvalue weighted by Gasteiger charge is 2.37. The lowest BCUT2D eigenvalue weighted by Crippen LogP contribution is -2.26. The fourth-order valence-electron chi connectivity index (χ4n) is 4.11. The molecule has 2 aliphatic heterocycles. The van der Waals surface area contributed by atoms with Gasteiger partial charge in [0, 0.05) is 18.5 Å². The van der Waals surface area contributed by atoms with Crippen LogP contribution in [0.5, 0.6) is 0 Å². The van der Waals surface area contributed by atoms with Crippen LogP contribution in [0, 0.1) is 5.92 Å². The SMILES string of the molecule is O=C(Nc1ccc2c(c1)COC2)[C@H]1CCO[C@@H]1c1ccnn1Cc1ccccc1. The number of carbonyl (C=O) groups is 1. The molecule has 0 saturated carbocycles. The van der Waals surface area contributed by atoms with Crippen molar-refractivity contribution in [1.29, 1.82) is 0 Å². The molecule has 0 radical (unpaired) electrons. The standard InChI is InChI=1S/C23H23N3O3/c27-23(25-19-7-6-17-14-28-15-18(17)12-19)20-9-11-29-22(20)21-8-10-24-26(21)13-16-4-2-1-3-5-16/h1-8,10,12,20,22H,9,11,13-15H2,(H,25,27)/t20-,22-/m0/s1. The highest BCUT2D eigenvalue weighted by Crippen LogP contribution is 2.35. The van der Waals surface area contributed by atoms with E-state index in [0.717, 1.165) is 22.5 Å². The molecule has 6 heteroatoms. The predicted octanol–water partition coefficient (Wildman–Crippen LogP) is 3.68. The number of ether oxygens (including phenoxy) is 2. The monoisotopic (exact) mass is 389 g/mol. The highest BCUT2D eigenvalue weighted by molar-refractivity contribution is 5.93. The molecule has 148 valence electrons. The van der Waals surface area contributed by atoms with Crippen molar-refractivity contribution in [1.82, 2.24) is 9.78 Å². The molecular weight excluding hydrogens is 366 g/mol. The van der Waals surface area contributed by atoms with Crippen molar-refractivity contribution in [2.45, 2.75) is 32.3 Å². The van der Waals surface area contributed by atoms with Crippen LogP contribution in [-0.4, -0.2) is 22.3 Å². The van der Waals surface area contributed by atoms with Crippen molar-refractivity contribution in [2.24, 2.45) is 5.92 Å². The Balaban J connectivity index is 1.33. The minimum Gasteiger partial charge on any atom is -0.372 e. The Morgan fingerprint density at radius 3 is 2.86 bits per heavy atom. The molecule has 6 nitrogen and oxygen atoms in total. The fraction of sp³-hybridized carbons (Fsp3) is 0.304. The molecule has 29 heavy (non-hydrogen) atoms. The van der Waals surface area contributed by atoms with Crippen molar-refractivity contribution >= 4 is 11.6 Å². The molecule has 0 spiro atoms. The van der Waals surface area contributed by atoms with Crippen LogP contribution in [-0.2, 0) is 34.0 Å². The zero-order valence-corrected chi connectivity index (χ0v) is 16.1. The average molecular weight is 389 g/mol. The van der Waals surface area contributed by atoms with E-state index in [2.05, 4.69) is 22.5 Å². The first-order valence-corrected chi connectivity index (χ1v) is 9.95. The van der Waals surface area contributed by atoms with E-state index in [1.54, 1.807) is 6.20 Å². The minimum absolute atomic E-state index is 0.0150. The number of hydrogen-bond donors (Lipinski definition) is 1. The Morgan fingerprint density at radius 1 is 1.10 bits per heavy atom. The lowest BCUT2D eigenvalue weighted by atomic mass is 9.97. The molecule has 1 fully saturated rings. The van der Waals surface area contributed by atoms with Gasteiger partial charge in [0.2, 0.25) is 5.91 Å². The van der Waals surface area contributed by atoms with Gasteiger partial charge in [0.25, 0.3) is 0 Å². The smallest absolute Gasteiger partial charge is 0.230 e. The molecule has 1 saturated heterocycles. The van der Waals surface area contributed by atoms with E-state index in [1.807, 2.05) is 47.1 Å². The maximum atomic E-state index is 13.0. The van der Waals surface area contributed by atoms with Crippen LogP contribution in [0.2, 0.25) is 0 Å². The second-order valence-corrected chi connectivity index (χ2v) is 7.55. The second kappa shape index (κ2) is 7.81. The molecule has 5 rings (SSSR count). The molecule has 1 aromatic heterocycles. The summed E-state index contributed by atoms with van der Waals surface area (Å²) in [6, 6.07) is 18.1. The number of amides is 1. The van der Waals surface area contributed by atoms with Gasteiger partial charge in [-0.2, -0.15) is 5.10 Å². The first-order chi connectivity index (χ1) is 14.3. The van der Waals surface area contributed by atoms with Crippen molar-refractivity contribution in [3.05, 3.63) is 83.2 Å². The van der Waals surface area contributed by atoms with E-state index >= 15 is 0 Å². The lowest BCUT2D eigenvalue weighted by molar-refractivity contribution is -0.121. The van der Waals surface area contributed by atoms with Gasteiger partial charge in [-0.25, -0.2) is 0 Å². The van der Waals surface area contributed by atoms with E-state index < -0.39 is 0 Å². The number of rotatable bonds is 5. The molecular formula is C23H23N3O3. The number of carbonyl (C=O) groups excluding carboxylic acids is 1. The van der Waals surface area contributed by atoms with Gasteiger partial charge in [-0.15, -0.1) is 0 Å². The van der Waals surface area contributed by atoms with Crippen molar-refractivity contribution in [3.8, 4) is 0 Å². The molecule has 1 N–H and O–H groups in total. The first-order valence-electron chi connectivity index (χ1n) is 9.95. The van der Waals surface area contributed by atoms with Crippen LogP contribution >= 0.6 is 0 Å². The largest absolute Gasteiger partial charge is 0.372 e. The van der Waals surface area contributed by atoms with Crippen LogP contribution < -0.4 is 5.32 Å². The van der Waals surface area contributed by atoms with Crippen molar-refractivity contribution in [2.75, 3.05) is 11.9 Å². The lowest BCUT2D eigenvalue weighted by Gasteiger charge is -2.20. The van der Waals surface area contributed by atoms with Gasteiger partial charge < -0.3 is 14.8 Å². The summed E-state index contributed by atoms with van der Waals surface area (Å²) in [5, 5.41) is 7.53. The predicted molar refractivity (Wildman–Crippen MR) is 108 cm³/mol. The third-order valence-corrected chi connectivity index (χ3v) is 5.63. The summed E-state index contributed by atoms with van der Waals surface area (Å²) >= 11 is 0. The Kier molecular flexibility index (Phi) is 4.87. The minimum atomic E-state index is -0.293. The summed E-state index contributed by atoms with van der Waals surface area (Å²) in [5.74, 6) is -0.260. The Morgan fingerprint density at radius 2 is 1.97 bits per heavy atom. The van der Waals surface area contributed by atoms with Gasteiger partial charge >= 0.3 is 0 Å². The van der Waals surface area contributed by atoms with Gasteiger partial charge in [-0.3, -0.25) is 9.48 Å². The van der Waals surface area contributed by atoms with Crippen LogP contribution in [0.25, 0.3) is 0 Å². The molecule has 2 aliphatic rings. The molecule has 0 unspecified atom stereocenters. The molecule has 2 atom stereocenters. The number of nitrogens with one attached hydrogen (secondary N) is 1. The van der Waals surface area contributed by atoms with Crippen molar-refractivity contribution < 1.29 is 14.3 Å². The zero-order valence-electron chi connectivity index (χ0n) is 16.1. The number of benzene rings is 2. The van der Waals surface area contributed by atoms with Gasteiger partial charge in [-0.1, -0.05) is 36.4 Å². The zero-order chi connectivity index (χ0) is 19.6. The first kappa shape index (κ1) is 18.1. The van der Waals surface area contributed by atoms with Crippen LogP contribution in [0.15, 0.2) is 60.8 Å². The van der Waals surface area contributed by atoms with Gasteiger partial charge in [-0.05, 0) is 41.3 Å². The maximum absolute atomic E-state index is 13.0. The van der Waals surface area contributed by atoms with Crippen LogP contribution in [0.1, 0.15) is 34.9 Å². The Labute approximate surface area is 169 Å². The Hall–Kier alpha value is -2.96. The van der Waals surface area contributed by atoms with E-state index in [1.165, 1.54) is 5.56 Å². The van der Waals surface area contributed by atoms with Gasteiger partial charge in [0.05, 0.1) is 31.4 Å². The molecule has 0 bridgehead atoms. The van der Waals surface area contributed by atoms with Gasteiger partial charge in [0.1, 0.15) is 6.10 Å². The number of hydrogen-bond acceptors (Lipinski definition) is 4. The van der Waals surface area contributed by atoms with Crippen LogP contribution in [0.3, 0.4) is 0 Å².